The number of hydrogen-bond acceptors (Lipinski definition) is 3. The molecule has 1 aromatic carbocycles. The van der Waals surface area contributed by atoms with Gasteiger partial charge in [-0.2, -0.15) is 0 Å². The van der Waals surface area contributed by atoms with Gasteiger partial charge in [-0.3, -0.25) is 0 Å². The van der Waals surface area contributed by atoms with Crippen molar-refractivity contribution in [2.75, 3.05) is 31.7 Å². The maximum Gasteiger partial charge on any atom is 0.0637 e. The van der Waals surface area contributed by atoms with Crippen molar-refractivity contribution < 1.29 is 9.84 Å². The minimum absolute atomic E-state index is 0.126. The van der Waals surface area contributed by atoms with E-state index in [2.05, 4.69) is 5.32 Å². The normalized spacial score (nSPS) is 18.3. The SMILES string of the molecule is OCC1(CNc2ccccc2Cl)COC1. The molecule has 1 fully saturated rings. The van der Waals surface area contributed by atoms with Crippen molar-refractivity contribution >= 4 is 17.3 Å². The summed E-state index contributed by atoms with van der Waals surface area (Å²) in [5.41, 5.74) is 0.776. The molecule has 0 bridgehead atoms. The summed E-state index contributed by atoms with van der Waals surface area (Å²) in [7, 11) is 0. The van der Waals surface area contributed by atoms with Gasteiger partial charge in [-0.05, 0) is 12.1 Å². The number of aliphatic hydroxyl groups excluding tert-OH is 1. The van der Waals surface area contributed by atoms with Crippen LogP contribution in [0.1, 0.15) is 0 Å². The number of rotatable bonds is 4. The fourth-order valence-corrected chi connectivity index (χ4v) is 1.73. The fraction of sp³-hybridized carbons (Fsp3) is 0.455. The van der Waals surface area contributed by atoms with E-state index in [1.54, 1.807) is 0 Å². The van der Waals surface area contributed by atoms with Gasteiger partial charge in [-0.25, -0.2) is 0 Å². The summed E-state index contributed by atoms with van der Waals surface area (Å²) in [6.45, 7) is 2.06. The Morgan fingerprint density at radius 1 is 1.40 bits per heavy atom. The molecule has 1 aliphatic rings. The van der Waals surface area contributed by atoms with Crippen LogP contribution in [-0.4, -0.2) is 31.5 Å². The lowest BCUT2D eigenvalue weighted by atomic mass is 9.87. The summed E-state index contributed by atoms with van der Waals surface area (Å²) >= 11 is 6.00. The first-order chi connectivity index (χ1) is 7.26. The van der Waals surface area contributed by atoms with Gasteiger partial charge in [0.05, 0.1) is 35.9 Å². The third-order valence-electron chi connectivity index (χ3n) is 2.68. The second-order valence-electron chi connectivity index (χ2n) is 3.98. The molecule has 0 spiro atoms. The van der Waals surface area contributed by atoms with Crippen LogP contribution in [-0.2, 0) is 4.74 Å². The Bertz CT molecular complexity index is 334. The van der Waals surface area contributed by atoms with E-state index >= 15 is 0 Å². The van der Waals surface area contributed by atoms with E-state index in [4.69, 9.17) is 16.3 Å². The Labute approximate surface area is 94.0 Å². The molecule has 1 aromatic rings. The molecule has 15 heavy (non-hydrogen) atoms. The van der Waals surface area contributed by atoms with Crippen LogP contribution in [0, 0.1) is 5.41 Å². The average Bonchev–Trinajstić information content (AvgIpc) is 2.19. The molecule has 1 heterocycles. The minimum atomic E-state index is -0.126. The van der Waals surface area contributed by atoms with Crippen LogP contribution >= 0.6 is 11.6 Å². The van der Waals surface area contributed by atoms with Crippen molar-refractivity contribution in [1.82, 2.24) is 0 Å². The highest BCUT2D eigenvalue weighted by Gasteiger charge is 2.37. The topological polar surface area (TPSA) is 41.5 Å². The predicted octanol–water partition coefficient (Wildman–Crippen LogP) is 1.76. The van der Waals surface area contributed by atoms with Gasteiger partial charge in [-0.1, -0.05) is 23.7 Å². The number of para-hydroxylation sites is 1. The third-order valence-corrected chi connectivity index (χ3v) is 3.01. The molecule has 3 nitrogen and oxygen atoms in total. The lowest BCUT2D eigenvalue weighted by molar-refractivity contribution is -0.128. The highest BCUT2D eigenvalue weighted by Crippen LogP contribution is 2.28. The minimum Gasteiger partial charge on any atom is -0.396 e. The van der Waals surface area contributed by atoms with E-state index in [1.807, 2.05) is 24.3 Å². The van der Waals surface area contributed by atoms with Gasteiger partial charge in [0.25, 0.3) is 0 Å². The molecule has 0 amide bonds. The fourth-order valence-electron chi connectivity index (χ4n) is 1.53. The summed E-state index contributed by atoms with van der Waals surface area (Å²) in [6, 6.07) is 7.58. The maximum atomic E-state index is 9.23. The van der Waals surface area contributed by atoms with Crippen LogP contribution < -0.4 is 5.32 Å². The van der Waals surface area contributed by atoms with Crippen LogP contribution in [0.3, 0.4) is 0 Å². The van der Waals surface area contributed by atoms with Crippen LogP contribution in [0.2, 0.25) is 5.02 Å². The summed E-state index contributed by atoms with van der Waals surface area (Å²) in [5.74, 6) is 0. The monoisotopic (exact) mass is 227 g/mol. The highest BCUT2D eigenvalue weighted by molar-refractivity contribution is 6.33. The van der Waals surface area contributed by atoms with Crippen molar-refractivity contribution in [2.24, 2.45) is 5.41 Å². The number of halogens is 1. The first-order valence-corrected chi connectivity index (χ1v) is 5.31. The highest BCUT2D eigenvalue weighted by atomic mass is 35.5. The van der Waals surface area contributed by atoms with Crippen molar-refractivity contribution in [3.63, 3.8) is 0 Å². The van der Waals surface area contributed by atoms with Gasteiger partial charge >= 0.3 is 0 Å². The van der Waals surface area contributed by atoms with Crippen LogP contribution in [0.15, 0.2) is 24.3 Å². The Morgan fingerprint density at radius 2 is 2.13 bits per heavy atom. The van der Waals surface area contributed by atoms with Crippen LogP contribution in [0.4, 0.5) is 5.69 Å². The maximum absolute atomic E-state index is 9.23. The zero-order chi connectivity index (χ0) is 10.7. The molecular formula is C11H14ClNO2. The molecule has 0 aliphatic carbocycles. The molecule has 1 saturated heterocycles. The first-order valence-electron chi connectivity index (χ1n) is 4.93. The van der Waals surface area contributed by atoms with Crippen molar-refractivity contribution in [2.45, 2.75) is 0 Å². The number of nitrogens with one attached hydrogen (secondary N) is 1. The smallest absolute Gasteiger partial charge is 0.0637 e. The molecule has 0 aromatic heterocycles. The zero-order valence-corrected chi connectivity index (χ0v) is 9.13. The lowest BCUT2D eigenvalue weighted by Crippen LogP contribution is -2.50. The van der Waals surface area contributed by atoms with E-state index in [0.29, 0.717) is 24.8 Å². The molecular weight excluding hydrogens is 214 g/mol. The van der Waals surface area contributed by atoms with E-state index in [1.165, 1.54) is 0 Å². The van der Waals surface area contributed by atoms with Crippen molar-refractivity contribution in [3.8, 4) is 0 Å². The lowest BCUT2D eigenvalue weighted by Gasteiger charge is -2.40. The van der Waals surface area contributed by atoms with Gasteiger partial charge in [0.2, 0.25) is 0 Å². The third kappa shape index (κ3) is 2.25. The second-order valence-corrected chi connectivity index (χ2v) is 4.39. The molecule has 82 valence electrons. The number of benzene rings is 1. The van der Waals surface area contributed by atoms with Crippen molar-refractivity contribution in [3.05, 3.63) is 29.3 Å². The van der Waals surface area contributed by atoms with Crippen LogP contribution in [0.25, 0.3) is 0 Å². The summed E-state index contributed by atoms with van der Waals surface area (Å²) in [5, 5.41) is 13.2. The molecule has 1 aliphatic heterocycles. The molecule has 0 radical (unpaired) electrons. The molecule has 0 saturated carbocycles. The van der Waals surface area contributed by atoms with Gasteiger partial charge in [0, 0.05) is 6.54 Å². The standard InChI is InChI=1S/C11H14ClNO2/c12-9-3-1-2-4-10(9)13-5-11(6-14)7-15-8-11/h1-4,13-14H,5-8H2. The van der Waals surface area contributed by atoms with Gasteiger partial charge in [0.1, 0.15) is 0 Å². The molecule has 0 atom stereocenters. The predicted molar refractivity (Wildman–Crippen MR) is 60.3 cm³/mol. The number of anilines is 1. The zero-order valence-electron chi connectivity index (χ0n) is 8.37. The first kappa shape index (κ1) is 10.7. The van der Waals surface area contributed by atoms with E-state index in [0.717, 1.165) is 5.69 Å². The summed E-state index contributed by atoms with van der Waals surface area (Å²) in [4.78, 5) is 0. The second kappa shape index (κ2) is 4.39. The quantitative estimate of drug-likeness (QED) is 0.824. The van der Waals surface area contributed by atoms with E-state index in [-0.39, 0.29) is 12.0 Å². The van der Waals surface area contributed by atoms with Crippen molar-refractivity contribution in [1.29, 1.82) is 0 Å². The largest absolute Gasteiger partial charge is 0.396 e. The van der Waals surface area contributed by atoms with Gasteiger partial charge in [-0.15, -0.1) is 0 Å². The number of hydrogen-bond donors (Lipinski definition) is 2. The Kier molecular flexibility index (Phi) is 3.14. The Balaban J connectivity index is 1.95. The summed E-state index contributed by atoms with van der Waals surface area (Å²) in [6.07, 6.45) is 0. The molecule has 4 heteroatoms. The Morgan fingerprint density at radius 3 is 2.67 bits per heavy atom. The number of aliphatic hydroxyl groups is 1. The number of ether oxygens (including phenoxy) is 1. The van der Waals surface area contributed by atoms with E-state index in [9.17, 15) is 5.11 Å². The summed E-state index contributed by atoms with van der Waals surface area (Å²) < 4.78 is 5.11. The van der Waals surface area contributed by atoms with Gasteiger partial charge in [0.15, 0.2) is 0 Å². The van der Waals surface area contributed by atoms with Gasteiger partial charge < -0.3 is 15.2 Å². The molecule has 2 rings (SSSR count). The average molecular weight is 228 g/mol. The molecule has 2 N–H and O–H groups in total. The molecule has 0 unspecified atom stereocenters. The van der Waals surface area contributed by atoms with Crippen LogP contribution in [0.5, 0.6) is 0 Å². The van der Waals surface area contributed by atoms with E-state index < -0.39 is 0 Å². The Hall–Kier alpha value is -0.770.